The lowest BCUT2D eigenvalue weighted by molar-refractivity contribution is 0.0716. The lowest BCUT2D eigenvalue weighted by Crippen LogP contribution is -2.30. The Hall–Kier alpha value is -1.98. The summed E-state index contributed by atoms with van der Waals surface area (Å²) in [6.45, 7) is 1.05. The second-order valence-corrected chi connectivity index (χ2v) is 6.90. The molecule has 3 aromatic rings. The van der Waals surface area contributed by atoms with Crippen molar-refractivity contribution in [3.63, 3.8) is 0 Å². The van der Waals surface area contributed by atoms with Gasteiger partial charge in [-0.1, -0.05) is 18.2 Å². The highest BCUT2D eigenvalue weighted by Gasteiger charge is 2.20. The predicted molar refractivity (Wildman–Crippen MR) is 94.8 cm³/mol. The van der Waals surface area contributed by atoms with Crippen LogP contribution in [0, 0.1) is 0 Å². The lowest BCUT2D eigenvalue weighted by Gasteiger charge is -2.22. The number of carbonyl (C=O) groups is 1. The number of carbonyl (C=O) groups excluding carboxylic acids is 1. The fraction of sp³-hybridized carbons (Fsp3) is 0.167. The molecule has 3 rings (SSSR count). The van der Waals surface area contributed by atoms with Crippen molar-refractivity contribution in [3.05, 3.63) is 76.4 Å². The molecule has 0 spiro atoms. The number of hydrogen-bond donors (Lipinski definition) is 0. The molecule has 0 radical (unpaired) electrons. The van der Waals surface area contributed by atoms with E-state index in [4.69, 9.17) is 4.42 Å². The summed E-state index contributed by atoms with van der Waals surface area (Å²) in [4.78, 5) is 17.0. The Labute approximate surface area is 143 Å². The van der Waals surface area contributed by atoms with Gasteiger partial charge >= 0.3 is 0 Å². The fourth-order valence-corrected chi connectivity index (χ4v) is 3.68. The number of amides is 1. The van der Waals surface area contributed by atoms with Crippen LogP contribution in [-0.4, -0.2) is 17.1 Å². The van der Waals surface area contributed by atoms with E-state index >= 15 is 0 Å². The Morgan fingerprint density at radius 1 is 1.13 bits per heavy atom. The molecule has 3 nitrogen and oxygen atoms in total. The highest BCUT2D eigenvalue weighted by molar-refractivity contribution is 7.98. The summed E-state index contributed by atoms with van der Waals surface area (Å²) < 4.78 is 5.43. The van der Waals surface area contributed by atoms with Crippen LogP contribution in [-0.2, 0) is 13.1 Å². The number of thiophene rings is 1. The molecule has 1 aromatic carbocycles. The van der Waals surface area contributed by atoms with E-state index in [9.17, 15) is 4.79 Å². The van der Waals surface area contributed by atoms with Crippen LogP contribution < -0.4 is 0 Å². The van der Waals surface area contributed by atoms with Gasteiger partial charge in [-0.2, -0.15) is 0 Å². The molecule has 0 fully saturated rings. The third kappa shape index (κ3) is 3.86. The van der Waals surface area contributed by atoms with Crippen molar-refractivity contribution in [2.24, 2.45) is 0 Å². The summed E-state index contributed by atoms with van der Waals surface area (Å²) in [7, 11) is 0. The molecule has 0 aliphatic rings. The van der Waals surface area contributed by atoms with Crippen LogP contribution in [0.4, 0.5) is 0 Å². The van der Waals surface area contributed by atoms with E-state index in [0.29, 0.717) is 13.1 Å². The van der Waals surface area contributed by atoms with Gasteiger partial charge in [0.15, 0.2) is 0 Å². The monoisotopic (exact) mass is 343 g/mol. The minimum absolute atomic E-state index is 0.0275. The molecule has 118 valence electrons. The Balaban J connectivity index is 1.88. The first-order chi connectivity index (χ1) is 11.3. The first-order valence-corrected chi connectivity index (χ1v) is 9.35. The van der Waals surface area contributed by atoms with Gasteiger partial charge in [0.05, 0.1) is 24.9 Å². The molecule has 2 heterocycles. The highest BCUT2D eigenvalue weighted by atomic mass is 32.2. The largest absolute Gasteiger partial charge is 0.467 e. The Morgan fingerprint density at radius 2 is 2.00 bits per heavy atom. The average molecular weight is 343 g/mol. The summed E-state index contributed by atoms with van der Waals surface area (Å²) >= 11 is 3.25. The zero-order valence-electron chi connectivity index (χ0n) is 12.8. The van der Waals surface area contributed by atoms with Crippen LogP contribution in [0.15, 0.2) is 69.5 Å². The van der Waals surface area contributed by atoms with E-state index in [2.05, 4.69) is 0 Å². The summed E-state index contributed by atoms with van der Waals surface area (Å²) in [5, 5.41) is 2.03. The zero-order valence-corrected chi connectivity index (χ0v) is 14.4. The quantitative estimate of drug-likeness (QED) is 0.597. The summed E-state index contributed by atoms with van der Waals surface area (Å²) in [6.07, 6.45) is 3.63. The molecule has 0 bridgehead atoms. The first-order valence-electron chi connectivity index (χ1n) is 7.25. The van der Waals surface area contributed by atoms with Crippen LogP contribution in [0.25, 0.3) is 0 Å². The van der Waals surface area contributed by atoms with E-state index in [1.54, 1.807) is 29.4 Å². The molecule has 0 aliphatic carbocycles. The summed E-state index contributed by atoms with van der Waals surface area (Å²) in [5.74, 6) is 0.816. The smallest absolute Gasteiger partial charge is 0.255 e. The maximum absolute atomic E-state index is 13.1. The third-order valence-electron chi connectivity index (χ3n) is 3.48. The van der Waals surface area contributed by atoms with E-state index in [1.165, 1.54) is 0 Å². The minimum atomic E-state index is 0.0275. The van der Waals surface area contributed by atoms with Gasteiger partial charge in [-0.3, -0.25) is 4.79 Å². The van der Waals surface area contributed by atoms with Crippen molar-refractivity contribution in [3.8, 4) is 0 Å². The number of benzene rings is 1. The van der Waals surface area contributed by atoms with Gasteiger partial charge in [0.2, 0.25) is 0 Å². The number of rotatable bonds is 6. The summed E-state index contributed by atoms with van der Waals surface area (Å²) in [5.41, 5.74) is 0.739. The standard InChI is InChI=1S/C18H17NO2S2/c1-22-17-9-3-2-8-16(17)18(20)19(12-14-6-4-10-21-14)13-15-7-5-11-23-15/h2-11H,12-13H2,1H3. The Bertz CT molecular complexity index is 715. The van der Waals surface area contributed by atoms with Crippen molar-refractivity contribution < 1.29 is 9.21 Å². The van der Waals surface area contributed by atoms with Crippen LogP contribution in [0.2, 0.25) is 0 Å². The molecule has 0 aliphatic heterocycles. The van der Waals surface area contributed by atoms with Crippen molar-refractivity contribution in [2.75, 3.05) is 6.26 Å². The predicted octanol–water partition coefficient (Wildman–Crippen LogP) is 4.91. The first kappa shape index (κ1) is 15.9. The number of hydrogen-bond acceptors (Lipinski definition) is 4. The van der Waals surface area contributed by atoms with Gasteiger partial charge in [0.25, 0.3) is 5.91 Å². The second-order valence-electron chi connectivity index (χ2n) is 5.02. The van der Waals surface area contributed by atoms with Crippen LogP contribution >= 0.6 is 23.1 Å². The molecular weight excluding hydrogens is 326 g/mol. The third-order valence-corrected chi connectivity index (χ3v) is 5.14. The Morgan fingerprint density at radius 3 is 2.70 bits per heavy atom. The van der Waals surface area contributed by atoms with E-state index < -0.39 is 0 Å². The van der Waals surface area contributed by atoms with Gasteiger partial charge in [-0.05, 0) is 42.0 Å². The molecule has 0 saturated carbocycles. The van der Waals surface area contributed by atoms with Crippen molar-refractivity contribution in [2.45, 2.75) is 18.0 Å². The normalized spacial score (nSPS) is 10.7. The number of nitrogens with zero attached hydrogens (tertiary/aromatic N) is 1. The average Bonchev–Trinajstić information content (AvgIpc) is 3.27. The lowest BCUT2D eigenvalue weighted by atomic mass is 10.2. The zero-order chi connectivity index (χ0) is 16.1. The molecule has 0 saturated heterocycles. The van der Waals surface area contributed by atoms with E-state index in [-0.39, 0.29) is 5.91 Å². The van der Waals surface area contributed by atoms with Crippen molar-refractivity contribution in [1.29, 1.82) is 0 Å². The van der Waals surface area contributed by atoms with Gasteiger partial charge in [0, 0.05) is 9.77 Å². The molecule has 0 atom stereocenters. The molecule has 23 heavy (non-hydrogen) atoms. The van der Waals surface area contributed by atoms with Gasteiger partial charge in [-0.25, -0.2) is 0 Å². The SMILES string of the molecule is CSc1ccccc1C(=O)N(Cc1ccco1)Cc1cccs1. The van der Waals surface area contributed by atoms with E-state index in [0.717, 1.165) is 21.1 Å². The molecule has 1 amide bonds. The van der Waals surface area contributed by atoms with Crippen LogP contribution in [0.1, 0.15) is 21.0 Å². The van der Waals surface area contributed by atoms with Gasteiger partial charge in [-0.15, -0.1) is 23.1 Å². The Kier molecular flexibility index (Phi) is 5.20. The van der Waals surface area contributed by atoms with Crippen LogP contribution in [0.5, 0.6) is 0 Å². The molecule has 0 N–H and O–H groups in total. The topological polar surface area (TPSA) is 33.5 Å². The van der Waals surface area contributed by atoms with Crippen molar-refractivity contribution >= 4 is 29.0 Å². The molecular formula is C18H17NO2S2. The molecule has 0 unspecified atom stereocenters. The van der Waals surface area contributed by atoms with Gasteiger partial charge < -0.3 is 9.32 Å². The van der Waals surface area contributed by atoms with E-state index in [1.807, 2.05) is 65.1 Å². The molecule has 5 heteroatoms. The highest BCUT2D eigenvalue weighted by Crippen LogP contribution is 2.24. The summed E-state index contributed by atoms with van der Waals surface area (Å²) in [6, 6.07) is 15.5. The van der Waals surface area contributed by atoms with Crippen LogP contribution in [0.3, 0.4) is 0 Å². The fourth-order valence-electron chi connectivity index (χ4n) is 2.37. The maximum Gasteiger partial charge on any atom is 0.255 e. The van der Waals surface area contributed by atoms with Gasteiger partial charge in [0.1, 0.15) is 5.76 Å². The number of thioether (sulfide) groups is 1. The second kappa shape index (κ2) is 7.53. The van der Waals surface area contributed by atoms with Crippen molar-refractivity contribution in [1.82, 2.24) is 4.90 Å². The maximum atomic E-state index is 13.1. The molecule has 2 aromatic heterocycles. The minimum Gasteiger partial charge on any atom is -0.467 e. The number of furan rings is 1.